The van der Waals surface area contributed by atoms with E-state index in [0.717, 1.165) is 7.05 Å². The maximum Gasteiger partial charge on any atom is 0.413 e. The fourth-order valence-corrected chi connectivity index (χ4v) is 2.91. The minimum Gasteiger partial charge on any atom is -0.465 e. The van der Waals surface area contributed by atoms with Crippen LogP contribution in [0.15, 0.2) is 0 Å². The third-order valence-electron chi connectivity index (χ3n) is 5.40. The van der Waals surface area contributed by atoms with Crippen LogP contribution in [0.4, 0.5) is 4.79 Å². The van der Waals surface area contributed by atoms with E-state index in [1.807, 2.05) is 0 Å². The van der Waals surface area contributed by atoms with Gasteiger partial charge < -0.3 is 51.6 Å². The zero-order valence-electron chi connectivity index (χ0n) is 22.0. The molecule has 0 bridgehead atoms. The Bertz CT molecular complexity index is 899. The molecule has 6 atom stereocenters. The summed E-state index contributed by atoms with van der Waals surface area (Å²) in [6.07, 6.45) is -7.39. The highest BCUT2D eigenvalue weighted by Crippen LogP contribution is 2.10. The fourth-order valence-electron chi connectivity index (χ4n) is 2.91. The number of amides is 6. The van der Waals surface area contributed by atoms with Gasteiger partial charge in [0.2, 0.25) is 29.5 Å². The Morgan fingerprint density at radius 1 is 1.00 bits per heavy atom. The average Bonchev–Trinajstić information content (AvgIpc) is 2.87. The van der Waals surface area contributed by atoms with E-state index in [-0.39, 0.29) is 12.7 Å². The van der Waals surface area contributed by atoms with Gasteiger partial charge in [0.1, 0.15) is 49.3 Å². The number of nitrogens with one attached hydrogen (secondary N) is 3. The van der Waals surface area contributed by atoms with Crippen molar-refractivity contribution in [3.8, 4) is 0 Å². The second-order valence-electron chi connectivity index (χ2n) is 8.87. The van der Waals surface area contributed by atoms with Gasteiger partial charge in [0.05, 0.1) is 6.61 Å². The molecule has 0 aromatic heterocycles. The molecule has 0 spiro atoms. The zero-order valence-corrected chi connectivity index (χ0v) is 22.0. The number of hydrogen-bond acceptors (Lipinski definition) is 11. The van der Waals surface area contributed by atoms with Crippen molar-refractivity contribution in [2.24, 2.45) is 11.7 Å². The van der Waals surface area contributed by atoms with Gasteiger partial charge >= 0.3 is 6.09 Å². The summed E-state index contributed by atoms with van der Waals surface area (Å²) in [4.78, 5) is 83.0. The predicted molar refractivity (Wildman–Crippen MR) is 130 cm³/mol. The van der Waals surface area contributed by atoms with Gasteiger partial charge in [-0.05, 0) is 13.3 Å². The number of aldehydes is 1. The molecule has 17 heteroatoms. The van der Waals surface area contributed by atoms with Crippen molar-refractivity contribution in [2.45, 2.75) is 70.1 Å². The highest BCUT2D eigenvalue weighted by molar-refractivity contribution is 5.93. The van der Waals surface area contributed by atoms with E-state index in [9.17, 15) is 43.8 Å². The van der Waals surface area contributed by atoms with Crippen LogP contribution in [0, 0.1) is 5.92 Å². The van der Waals surface area contributed by atoms with E-state index >= 15 is 0 Å². The largest absolute Gasteiger partial charge is 0.465 e. The summed E-state index contributed by atoms with van der Waals surface area (Å²) < 4.78 is 5.25. The summed E-state index contributed by atoms with van der Waals surface area (Å²) in [6, 6.07) is -4.16. The monoisotopic (exact) mass is 563 g/mol. The van der Waals surface area contributed by atoms with Gasteiger partial charge in [0.25, 0.3) is 0 Å². The van der Waals surface area contributed by atoms with Crippen LogP contribution in [-0.2, 0) is 33.5 Å². The van der Waals surface area contributed by atoms with Crippen molar-refractivity contribution in [3.63, 3.8) is 0 Å². The molecule has 39 heavy (non-hydrogen) atoms. The molecule has 0 saturated heterocycles. The molecular weight excluding hydrogens is 526 g/mol. The molecule has 222 valence electrons. The van der Waals surface area contributed by atoms with Gasteiger partial charge in [0.15, 0.2) is 0 Å². The van der Waals surface area contributed by atoms with E-state index < -0.39 is 97.6 Å². The summed E-state index contributed by atoms with van der Waals surface area (Å²) in [5, 5.41) is 44.7. The molecule has 17 nitrogen and oxygen atoms in total. The molecule has 0 aromatic carbocycles. The topological polar surface area (TPSA) is 275 Å². The van der Waals surface area contributed by atoms with Crippen LogP contribution < -0.4 is 21.7 Å². The van der Waals surface area contributed by atoms with Gasteiger partial charge in [-0.25, -0.2) is 4.79 Å². The molecule has 0 rings (SSSR count). The molecule has 0 fully saturated rings. The van der Waals surface area contributed by atoms with Crippen LogP contribution in [0.5, 0.6) is 0 Å². The number of ether oxygens (including phenoxy) is 1. The Hall–Kier alpha value is -3.67. The van der Waals surface area contributed by atoms with Gasteiger partial charge in [-0.1, -0.05) is 13.8 Å². The van der Waals surface area contributed by atoms with Crippen LogP contribution in [0.1, 0.15) is 33.6 Å². The molecule has 6 amide bonds. The lowest BCUT2D eigenvalue weighted by molar-refractivity contribution is -0.147. The first-order chi connectivity index (χ1) is 18.1. The first-order valence-electron chi connectivity index (χ1n) is 11.8. The maximum absolute atomic E-state index is 12.4. The number of hydrogen-bond donors (Lipinski definition) is 8. The van der Waals surface area contributed by atoms with E-state index in [1.165, 1.54) is 20.8 Å². The zero-order chi connectivity index (χ0) is 30.4. The van der Waals surface area contributed by atoms with Gasteiger partial charge in [-0.3, -0.25) is 28.9 Å². The van der Waals surface area contributed by atoms with Gasteiger partial charge in [-0.15, -0.1) is 0 Å². The Morgan fingerprint density at radius 2 is 1.59 bits per heavy atom. The number of carbonyl (C=O) groups is 7. The van der Waals surface area contributed by atoms with Crippen LogP contribution >= 0.6 is 0 Å². The van der Waals surface area contributed by atoms with Crippen LogP contribution in [0.25, 0.3) is 0 Å². The van der Waals surface area contributed by atoms with Gasteiger partial charge in [0, 0.05) is 19.4 Å². The second kappa shape index (κ2) is 17.0. The quantitative estimate of drug-likeness (QED) is 0.0783. The van der Waals surface area contributed by atoms with Crippen LogP contribution in [0.3, 0.4) is 0 Å². The predicted octanol–water partition coefficient (Wildman–Crippen LogP) is -4.18. The van der Waals surface area contributed by atoms with Crippen molar-refractivity contribution in [1.29, 1.82) is 0 Å². The number of carboxylic acid groups (broad SMARTS) is 1. The van der Waals surface area contributed by atoms with Crippen molar-refractivity contribution >= 4 is 41.9 Å². The maximum atomic E-state index is 12.4. The molecule has 9 N–H and O–H groups in total. The third kappa shape index (κ3) is 12.2. The molecule has 0 aliphatic carbocycles. The number of carbonyl (C=O) groups excluding carboxylic acids is 6. The van der Waals surface area contributed by atoms with Crippen molar-refractivity contribution < 1.29 is 58.7 Å². The highest BCUT2D eigenvalue weighted by Gasteiger charge is 2.35. The summed E-state index contributed by atoms with van der Waals surface area (Å²) in [5.41, 5.74) is 5.23. The van der Waals surface area contributed by atoms with Crippen LogP contribution in [0.2, 0.25) is 0 Å². The minimum atomic E-state index is -1.90. The van der Waals surface area contributed by atoms with Gasteiger partial charge in [-0.2, -0.15) is 0 Å². The number of nitrogens with two attached hydrogens (primary N) is 1. The van der Waals surface area contributed by atoms with Crippen molar-refractivity contribution in [3.05, 3.63) is 0 Å². The summed E-state index contributed by atoms with van der Waals surface area (Å²) in [7, 11) is 1.01. The Labute approximate surface area is 224 Å². The molecule has 0 aliphatic heterocycles. The number of nitrogens with zero attached hydrogens (tertiary/aromatic N) is 1. The summed E-state index contributed by atoms with van der Waals surface area (Å²) >= 11 is 0. The highest BCUT2D eigenvalue weighted by atomic mass is 16.5. The summed E-state index contributed by atoms with van der Waals surface area (Å²) in [5.74, 6) is -4.85. The lowest BCUT2D eigenvalue weighted by Crippen LogP contribution is -2.56. The minimum absolute atomic E-state index is 0.217. The van der Waals surface area contributed by atoms with Crippen molar-refractivity contribution in [1.82, 2.24) is 20.9 Å². The van der Waals surface area contributed by atoms with E-state index in [0.29, 0.717) is 4.90 Å². The van der Waals surface area contributed by atoms with Crippen LogP contribution in [-0.4, -0.2) is 124 Å². The standard InChI is InChI=1S/C22H37N5O12/c1-10(2)20(35)26-13(7-28)18(17(33)14(30)8-29)39-9-15(31)24-11(3)21(36)25-12(19(23)34)5-6-16(32)27(4)22(37)38/h7,10-14,17-18,29-30,33H,5-6,8-9H2,1-4H3,(H2,23,34)(H,24,31)(H,25,36)(H,26,35)(H,37,38)/t11?,12?,13-,14+,17+,18+/m0/s1. The first kappa shape index (κ1) is 35.3. The summed E-state index contributed by atoms with van der Waals surface area (Å²) in [6.45, 7) is 2.50. The Balaban J connectivity index is 5.22. The SMILES string of the molecule is CC(C)C(=O)N[C@@H](C=O)[C@@H](OCC(=O)NC(C)C(=O)NC(CCC(=O)N(C)C(=O)O)C(N)=O)[C@H](O)[C@H](O)CO. The lowest BCUT2D eigenvalue weighted by Gasteiger charge is -2.30. The first-order valence-corrected chi connectivity index (χ1v) is 11.8. The van der Waals surface area contributed by atoms with E-state index in [1.54, 1.807) is 0 Å². The number of imide groups is 1. The van der Waals surface area contributed by atoms with Crippen molar-refractivity contribution in [2.75, 3.05) is 20.3 Å². The molecule has 0 aromatic rings. The Morgan fingerprint density at radius 3 is 2.05 bits per heavy atom. The average molecular weight is 564 g/mol. The molecule has 2 unspecified atom stereocenters. The van der Waals surface area contributed by atoms with E-state index in [4.69, 9.17) is 20.7 Å². The fraction of sp³-hybridized carbons (Fsp3) is 0.682. The number of primary amides is 1. The molecular formula is C22H37N5O12. The lowest BCUT2D eigenvalue weighted by atomic mass is 10.0. The third-order valence-corrected chi connectivity index (χ3v) is 5.40. The molecule has 0 heterocycles. The molecule has 0 radical (unpaired) electrons. The molecule has 0 aliphatic rings. The Kier molecular flexibility index (Phi) is 15.4. The number of rotatable bonds is 17. The normalized spacial score (nSPS) is 15.6. The second-order valence-corrected chi connectivity index (χ2v) is 8.87. The number of aliphatic hydroxyl groups excluding tert-OH is 3. The smallest absolute Gasteiger partial charge is 0.413 e. The molecule has 0 saturated carbocycles. The number of aliphatic hydroxyl groups is 3. The van der Waals surface area contributed by atoms with E-state index in [2.05, 4.69) is 16.0 Å².